The second-order valence-electron chi connectivity index (χ2n) is 5.85. The van der Waals surface area contributed by atoms with Crippen LogP contribution in [0.4, 0.5) is 11.4 Å². The molecule has 0 spiro atoms. The highest BCUT2D eigenvalue weighted by Crippen LogP contribution is 2.37. The fourth-order valence-electron chi connectivity index (χ4n) is 3.19. The Bertz CT molecular complexity index is 972. The lowest BCUT2D eigenvalue weighted by Crippen LogP contribution is -2.43. The number of anilines is 2. The Morgan fingerprint density at radius 1 is 0.880 bits per heavy atom. The molecule has 0 saturated heterocycles. The summed E-state index contributed by atoms with van der Waals surface area (Å²) in [4.78, 5) is 1.89. The first-order chi connectivity index (χ1) is 12.3. The van der Waals surface area contributed by atoms with Gasteiger partial charge in [0.15, 0.2) is 0 Å². The lowest BCUT2D eigenvalue weighted by Gasteiger charge is -2.40. The fourth-order valence-corrected chi connectivity index (χ4v) is 3.19. The van der Waals surface area contributed by atoms with Crippen molar-refractivity contribution in [3.8, 4) is 6.07 Å². The molecule has 1 atom stereocenters. The van der Waals surface area contributed by atoms with Crippen molar-refractivity contribution in [2.75, 3.05) is 10.2 Å². The van der Waals surface area contributed by atoms with Gasteiger partial charge in [-0.1, -0.05) is 54.6 Å². The van der Waals surface area contributed by atoms with Crippen molar-refractivity contribution in [1.29, 1.82) is 10.7 Å². The number of nitrogens with one attached hydrogen (secondary N) is 2. The molecule has 1 heterocycles. The molecule has 0 amide bonds. The molecule has 0 fully saturated rings. The maximum atomic E-state index is 9.52. The third-order valence-corrected chi connectivity index (χ3v) is 4.37. The molecule has 2 N–H and O–H groups in total. The van der Waals surface area contributed by atoms with Crippen molar-refractivity contribution < 1.29 is 0 Å². The average Bonchev–Trinajstić information content (AvgIpc) is 2.68. The Hall–Kier alpha value is -3.58. The first-order valence-corrected chi connectivity index (χ1v) is 8.07. The summed E-state index contributed by atoms with van der Waals surface area (Å²) in [5.74, 6) is 0.380. The lowest BCUT2D eigenvalue weighted by molar-refractivity contribution is 0.791. The lowest BCUT2D eigenvalue weighted by atomic mass is 10.0. The number of rotatable bonds is 2. The number of nitriles is 1. The molecule has 3 aromatic carbocycles. The van der Waals surface area contributed by atoms with Crippen molar-refractivity contribution in [3.63, 3.8) is 0 Å². The Morgan fingerprint density at radius 3 is 2.36 bits per heavy atom. The van der Waals surface area contributed by atoms with Crippen LogP contribution in [-0.2, 0) is 0 Å². The first kappa shape index (κ1) is 15.0. The van der Waals surface area contributed by atoms with Crippen molar-refractivity contribution in [1.82, 2.24) is 0 Å². The largest absolute Gasteiger partial charge is 0.361 e. The molecule has 25 heavy (non-hydrogen) atoms. The van der Waals surface area contributed by atoms with Gasteiger partial charge in [0, 0.05) is 11.3 Å². The standard InChI is InChI=1S/C21H16N4/c22-14-16-10-4-7-13-19(16)25-20(23)17-11-5-6-12-18(17)24-21(25)15-8-2-1-3-9-15/h1-13,21,23-24H. The monoisotopic (exact) mass is 324 g/mol. The molecule has 0 saturated carbocycles. The van der Waals surface area contributed by atoms with E-state index in [1.54, 1.807) is 6.07 Å². The molecule has 4 rings (SSSR count). The van der Waals surface area contributed by atoms with E-state index in [4.69, 9.17) is 5.41 Å². The highest BCUT2D eigenvalue weighted by Gasteiger charge is 2.32. The van der Waals surface area contributed by atoms with Crippen LogP contribution in [0.25, 0.3) is 0 Å². The minimum atomic E-state index is -0.252. The molecule has 1 unspecified atom stereocenters. The van der Waals surface area contributed by atoms with Gasteiger partial charge in [0.1, 0.15) is 18.1 Å². The summed E-state index contributed by atoms with van der Waals surface area (Å²) < 4.78 is 0. The van der Waals surface area contributed by atoms with Crippen LogP contribution in [0, 0.1) is 16.7 Å². The van der Waals surface area contributed by atoms with Gasteiger partial charge in [-0.15, -0.1) is 0 Å². The van der Waals surface area contributed by atoms with E-state index in [2.05, 4.69) is 11.4 Å². The van der Waals surface area contributed by atoms with E-state index < -0.39 is 0 Å². The fraction of sp³-hybridized carbons (Fsp3) is 0.0476. The number of nitrogens with zero attached hydrogens (tertiary/aromatic N) is 2. The molecule has 3 aromatic rings. The molecule has 4 nitrogen and oxygen atoms in total. The normalized spacial score (nSPS) is 15.9. The highest BCUT2D eigenvalue weighted by atomic mass is 15.3. The maximum Gasteiger partial charge on any atom is 0.136 e. The summed E-state index contributed by atoms with van der Waals surface area (Å²) in [5, 5.41) is 21.8. The van der Waals surface area contributed by atoms with Crippen molar-refractivity contribution in [3.05, 3.63) is 95.6 Å². The molecular weight excluding hydrogens is 308 g/mol. The molecule has 4 heteroatoms. The Labute approximate surface area is 146 Å². The first-order valence-electron chi connectivity index (χ1n) is 8.07. The topological polar surface area (TPSA) is 62.9 Å². The van der Waals surface area contributed by atoms with Gasteiger partial charge in [-0.3, -0.25) is 10.3 Å². The molecular formula is C21H16N4. The van der Waals surface area contributed by atoms with E-state index >= 15 is 0 Å². The second-order valence-corrected chi connectivity index (χ2v) is 5.85. The van der Waals surface area contributed by atoms with Gasteiger partial charge >= 0.3 is 0 Å². The van der Waals surface area contributed by atoms with Crippen LogP contribution in [0.3, 0.4) is 0 Å². The zero-order chi connectivity index (χ0) is 17.2. The van der Waals surface area contributed by atoms with Crippen molar-refractivity contribution >= 4 is 17.2 Å². The van der Waals surface area contributed by atoms with Crippen LogP contribution in [0.15, 0.2) is 78.9 Å². The average molecular weight is 324 g/mol. The summed E-state index contributed by atoms with van der Waals surface area (Å²) in [6.45, 7) is 0. The SMILES string of the molecule is N#Cc1ccccc1N1C(=N)c2ccccc2NC1c1ccccc1. The number of fused-ring (bicyclic) bond motifs is 1. The number of benzene rings is 3. The third-order valence-electron chi connectivity index (χ3n) is 4.37. The van der Waals surface area contributed by atoms with Crippen LogP contribution in [0.5, 0.6) is 0 Å². The molecule has 0 radical (unpaired) electrons. The molecule has 0 aliphatic carbocycles. The summed E-state index contributed by atoms with van der Waals surface area (Å²) in [5.41, 5.74) is 4.06. The van der Waals surface area contributed by atoms with Crippen LogP contribution in [-0.4, -0.2) is 5.84 Å². The predicted octanol–water partition coefficient (Wildman–Crippen LogP) is 4.51. The van der Waals surface area contributed by atoms with Gasteiger partial charge in [0.2, 0.25) is 0 Å². The molecule has 1 aliphatic heterocycles. The van der Waals surface area contributed by atoms with E-state index in [1.807, 2.05) is 77.7 Å². The van der Waals surface area contributed by atoms with Crippen molar-refractivity contribution in [2.45, 2.75) is 6.17 Å². The summed E-state index contributed by atoms with van der Waals surface area (Å²) >= 11 is 0. The van der Waals surface area contributed by atoms with Gasteiger partial charge in [0.25, 0.3) is 0 Å². The van der Waals surface area contributed by atoms with E-state index in [1.165, 1.54) is 0 Å². The summed E-state index contributed by atoms with van der Waals surface area (Å²) in [7, 11) is 0. The van der Waals surface area contributed by atoms with Gasteiger partial charge in [0.05, 0.1) is 11.3 Å². The molecule has 0 aromatic heterocycles. The van der Waals surface area contributed by atoms with Gasteiger partial charge in [-0.05, 0) is 29.8 Å². The predicted molar refractivity (Wildman–Crippen MR) is 99.7 cm³/mol. The van der Waals surface area contributed by atoms with Crippen LogP contribution in [0.2, 0.25) is 0 Å². The summed E-state index contributed by atoms with van der Waals surface area (Å²) in [6, 6.07) is 27.4. The summed E-state index contributed by atoms with van der Waals surface area (Å²) in [6.07, 6.45) is -0.252. The van der Waals surface area contributed by atoms with Crippen molar-refractivity contribution in [2.24, 2.45) is 0 Å². The quantitative estimate of drug-likeness (QED) is 0.729. The van der Waals surface area contributed by atoms with Crippen LogP contribution >= 0.6 is 0 Å². The minimum Gasteiger partial charge on any atom is -0.361 e. The Morgan fingerprint density at radius 2 is 1.56 bits per heavy atom. The number of amidine groups is 1. The zero-order valence-corrected chi connectivity index (χ0v) is 13.5. The highest BCUT2D eigenvalue weighted by molar-refractivity contribution is 6.14. The van der Waals surface area contributed by atoms with E-state index in [0.717, 1.165) is 22.5 Å². The van der Waals surface area contributed by atoms with Gasteiger partial charge in [-0.2, -0.15) is 5.26 Å². The molecule has 0 bridgehead atoms. The molecule has 1 aliphatic rings. The van der Waals surface area contributed by atoms with Crippen LogP contribution in [0.1, 0.15) is 22.9 Å². The zero-order valence-electron chi connectivity index (χ0n) is 13.5. The van der Waals surface area contributed by atoms with E-state index in [-0.39, 0.29) is 6.17 Å². The van der Waals surface area contributed by atoms with E-state index in [9.17, 15) is 5.26 Å². The minimum absolute atomic E-state index is 0.252. The van der Waals surface area contributed by atoms with Gasteiger partial charge in [-0.25, -0.2) is 0 Å². The number of hydrogen-bond acceptors (Lipinski definition) is 3. The smallest absolute Gasteiger partial charge is 0.136 e. The number of hydrogen-bond donors (Lipinski definition) is 2. The van der Waals surface area contributed by atoms with Gasteiger partial charge < -0.3 is 5.32 Å². The van der Waals surface area contributed by atoms with Crippen LogP contribution < -0.4 is 10.2 Å². The third kappa shape index (κ3) is 2.52. The number of para-hydroxylation sites is 2. The maximum absolute atomic E-state index is 9.52. The second kappa shape index (κ2) is 6.14. The Balaban J connectivity index is 1.92. The Kier molecular flexibility index (Phi) is 3.68. The molecule has 120 valence electrons. The van der Waals surface area contributed by atoms with E-state index in [0.29, 0.717) is 11.4 Å².